The molecule has 0 aliphatic heterocycles. The summed E-state index contributed by atoms with van der Waals surface area (Å²) in [5, 5.41) is 0.626. The Morgan fingerprint density at radius 2 is 2.22 bits per heavy atom. The van der Waals surface area contributed by atoms with Crippen molar-refractivity contribution in [3.8, 4) is 0 Å². The van der Waals surface area contributed by atoms with Crippen molar-refractivity contribution in [1.82, 2.24) is 4.90 Å². The van der Waals surface area contributed by atoms with Gasteiger partial charge in [0.2, 0.25) is 0 Å². The number of Topliss-reactive ketones (excluding diaryl/α,β-unsaturated/α-hetero) is 1. The van der Waals surface area contributed by atoms with E-state index in [1.54, 1.807) is 12.1 Å². The Morgan fingerprint density at radius 3 is 2.78 bits per heavy atom. The van der Waals surface area contributed by atoms with Gasteiger partial charge in [-0.05, 0) is 44.9 Å². The van der Waals surface area contributed by atoms with E-state index in [4.69, 9.17) is 11.6 Å². The fourth-order valence-corrected chi connectivity index (χ4v) is 2.58. The van der Waals surface area contributed by atoms with Gasteiger partial charge < -0.3 is 0 Å². The van der Waals surface area contributed by atoms with Gasteiger partial charge in [0.15, 0.2) is 5.78 Å². The minimum atomic E-state index is -0.0454. The van der Waals surface area contributed by atoms with Crippen molar-refractivity contribution in [1.29, 1.82) is 0 Å². The van der Waals surface area contributed by atoms with Gasteiger partial charge in [0.25, 0.3) is 0 Å². The van der Waals surface area contributed by atoms with E-state index in [0.717, 1.165) is 18.5 Å². The van der Waals surface area contributed by atoms with Crippen LogP contribution in [0.1, 0.15) is 43.5 Å². The molecule has 0 amide bonds. The van der Waals surface area contributed by atoms with Crippen LogP contribution < -0.4 is 0 Å². The normalized spacial score (nSPS) is 16.9. The number of benzene rings is 1. The average Bonchev–Trinajstić information content (AvgIpc) is 3.18. The maximum absolute atomic E-state index is 12.4. The molecule has 0 radical (unpaired) electrons. The minimum absolute atomic E-state index is 0.0454. The van der Waals surface area contributed by atoms with Crippen LogP contribution in [-0.4, -0.2) is 29.3 Å². The first-order chi connectivity index (χ1) is 8.63. The molecule has 1 aliphatic rings. The summed E-state index contributed by atoms with van der Waals surface area (Å²) in [6, 6.07) is 7.81. The average molecular weight is 266 g/mol. The van der Waals surface area contributed by atoms with Crippen molar-refractivity contribution in [2.75, 3.05) is 6.54 Å². The van der Waals surface area contributed by atoms with Gasteiger partial charge in [0.05, 0.1) is 6.04 Å². The highest BCUT2D eigenvalue weighted by Gasteiger charge is 2.34. The molecule has 18 heavy (non-hydrogen) atoms. The summed E-state index contributed by atoms with van der Waals surface area (Å²) in [6.07, 6.45) is 3.55. The number of ketones is 1. The van der Waals surface area contributed by atoms with Crippen LogP contribution in [0, 0.1) is 0 Å². The highest BCUT2D eigenvalue weighted by molar-refractivity contribution is 6.31. The maximum Gasteiger partial charge on any atom is 0.179 e. The molecule has 0 saturated heterocycles. The summed E-state index contributed by atoms with van der Waals surface area (Å²) in [5.74, 6) is 0.179. The second-order valence-electron chi connectivity index (χ2n) is 5.02. The SMILES string of the molecule is CCCN(C1CC1)C(C)C(=O)c1cccc(Cl)c1. The van der Waals surface area contributed by atoms with Gasteiger partial charge in [-0.15, -0.1) is 0 Å². The first-order valence-corrected chi connectivity index (χ1v) is 7.06. The van der Waals surface area contributed by atoms with Gasteiger partial charge in [0.1, 0.15) is 0 Å². The van der Waals surface area contributed by atoms with Crippen LogP contribution in [0.4, 0.5) is 0 Å². The van der Waals surface area contributed by atoms with E-state index in [0.29, 0.717) is 11.1 Å². The molecule has 3 heteroatoms. The van der Waals surface area contributed by atoms with Crippen molar-refractivity contribution < 1.29 is 4.79 Å². The van der Waals surface area contributed by atoms with E-state index in [9.17, 15) is 4.79 Å². The summed E-state index contributed by atoms with van der Waals surface area (Å²) < 4.78 is 0. The molecule has 0 spiro atoms. The van der Waals surface area contributed by atoms with Crippen LogP contribution in [0.5, 0.6) is 0 Å². The second-order valence-corrected chi connectivity index (χ2v) is 5.46. The van der Waals surface area contributed by atoms with Gasteiger partial charge in [0, 0.05) is 16.6 Å². The van der Waals surface area contributed by atoms with Crippen LogP contribution in [0.3, 0.4) is 0 Å². The lowest BCUT2D eigenvalue weighted by Crippen LogP contribution is -2.41. The lowest BCUT2D eigenvalue weighted by molar-refractivity contribution is 0.0826. The van der Waals surface area contributed by atoms with E-state index in [-0.39, 0.29) is 11.8 Å². The summed E-state index contributed by atoms with van der Waals surface area (Å²) >= 11 is 5.94. The molecule has 0 heterocycles. The number of hydrogen-bond acceptors (Lipinski definition) is 2. The lowest BCUT2D eigenvalue weighted by atomic mass is 10.0. The zero-order valence-corrected chi connectivity index (χ0v) is 11.8. The fraction of sp³-hybridized carbons (Fsp3) is 0.533. The molecule has 1 aromatic carbocycles. The number of carbonyl (C=O) groups is 1. The third-order valence-electron chi connectivity index (χ3n) is 3.48. The number of nitrogens with zero attached hydrogens (tertiary/aromatic N) is 1. The Kier molecular flexibility index (Phi) is 4.41. The minimum Gasteiger partial charge on any atom is -0.292 e. The predicted octanol–water partition coefficient (Wildman–Crippen LogP) is 3.79. The van der Waals surface area contributed by atoms with Crippen molar-refractivity contribution in [3.05, 3.63) is 34.9 Å². The summed E-state index contributed by atoms with van der Waals surface area (Å²) in [7, 11) is 0. The van der Waals surface area contributed by atoms with Crippen LogP contribution in [0.15, 0.2) is 24.3 Å². The monoisotopic (exact) mass is 265 g/mol. The lowest BCUT2D eigenvalue weighted by Gasteiger charge is -2.27. The van der Waals surface area contributed by atoms with Gasteiger partial charge in [-0.2, -0.15) is 0 Å². The molecule has 0 bridgehead atoms. The molecule has 1 fully saturated rings. The van der Waals surface area contributed by atoms with Crippen molar-refractivity contribution in [2.24, 2.45) is 0 Å². The number of rotatable bonds is 6. The smallest absolute Gasteiger partial charge is 0.179 e. The Bertz CT molecular complexity index is 428. The molecule has 2 rings (SSSR count). The van der Waals surface area contributed by atoms with Gasteiger partial charge in [-0.1, -0.05) is 30.7 Å². The number of halogens is 1. The quantitative estimate of drug-likeness (QED) is 0.730. The summed E-state index contributed by atoms with van der Waals surface area (Å²) in [5.41, 5.74) is 0.719. The number of hydrogen-bond donors (Lipinski definition) is 0. The first kappa shape index (κ1) is 13.6. The van der Waals surface area contributed by atoms with E-state index in [1.807, 2.05) is 19.1 Å². The Morgan fingerprint density at radius 1 is 1.50 bits per heavy atom. The zero-order chi connectivity index (χ0) is 13.1. The van der Waals surface area contributed by atoms with Gasteiger partial charge in [-0.25, -0.2) is 0 Å². The molecule has 2 nitrogen and oxygen atoms in total. The van der Waals surface area contributed by atoms with Gasteiger partial charge in [-0.3, -0.25) is 9.69 Å². The maximum atomic E-state index is 12.4. The standard InChI is InChI=1S/C15H20ClNO/c1-3-9-17(14-7-8-14)11(2)15(18)12-5-4-6-13(16)10-12/h4-6,10-11,14H,3,7-9H2,1-2H3. The van der Waals surface area contributed by atoms with E-state index < -0.39 is 0 Å². The zero-order valence-electron chi connectivity index (χ0n) is 11.0. The van der Waals surface area contributed by atoms with Crippen LogP contribution in [0.2, 0.25) is 5.02 Å². The van der Waals surface area contributed by atoms with Crippen LogP contribution >= 0.6 is 11.6 Å². The van der Waals surface area contributed by atoms with Crippen molar-refractivity contribution >= 4 is 17.4 Å². The van der Waals surface area contributed by atoms with E-state index in [2.05, 4.69) is 11.8 Å². The predicted molar refractivity (Wildman–Crippen MR) is 75.3 cm³/mol. The molecule has 1 unspecified atom stereocenters. The molecule has 0 N–H and O–H groups in total. The van der Waals surface area contributed by atoms with Gasteiger partial charge >= 0.3 is 0 Å². The molecule has 0 aromatic heterocycles. The van der Waals surface area contributed by atoms with E-state index in [1.165, 1.54) is 12.8 Å². The highest BCUT2D eigenvalue weighted by atomic mass is 35.5. The Hall–Kier alpha value is -0.860. The van der Waals surface area contributed by atoms with Crippen molar-refractivity contribution in [2.45, 2.75) is 45.2 Å². The van der Waals surface area contributed by atoms with Crippen LogP contribution in [-0.2, 0) is 0 Å². The largest absolute Gasteiger partial charge is 0.292 e. The topological polar surface area (TPSA) is 20.3 Å². The molecular formula is C15H20ClNO. The Balaban J connectivity index is 2.11. The van der Waals surface area contributed by atoms with Crippen LogP contribution in [0.25, 0.3) is 0 Å². The molecule has 1 aromatic rings. The molecule has 1 saturated carbocycles. The summed E-state index contributed by atoms with van der Waals surface area (Å²) in [6.45, 7) is 5.17. The van der Waals surface area contributed by atoms with Crippen molar-refractivity contribution in [3.63, 3.8) is 0 Å². The van der Waals surface area contributed by atoms with E-state index >= 15 is 0 Å². The Labute approximate surface area is 114 Å². The molecule has 1 atom stereocenters. The second kappa shape index (κ2) is 5.85. The third kappa shape index (κ3) is 3.12. The third-order valence-corrected chi connectivity index (χ3v) is 3.72. The summed E-state index contributed by atoms with van der Waals surface area (Å²) in [4.78, 5) is 14.8. The number of carbonyl (C=O) groups excluding carboxylic acids is 1. The molecule has 98 valence electrons. The molecule has 1 aliphatic carbocycles. The molecular weight excluding hydrogens is 246 g/mol. The first-order valence-electron chi connectivity index (χ1n) is 6.69. The highest BCUT2D eigenvalue weighted by Crippen LogP contribution is 2.29. The fourth-order valence-electron chi connectivity index (χ4n) is 2.39.